The van der Waals surface area contributed by atoms with Crippen molar-refractivity contribution in [3.05, 3.63) is 69.7 Å². The van der Waals surface area contributed by atoms with Crippen LogP contribution in [0.5, 0.6) is 0 Å². The van der Waals surface area contributed by atoms with Crippen molar-refractivity contribution in [1.82, 2.24) is 0 Å². The zero-order chi connectivity index (χ0) is 15.3. The molecule has 0 aliphatic rings. The van der Waals surface area contributed by atoms with E-state index in [-0.39, 0.29) is 6.61 Å². The molecule has 0 bridgehead atoms. The molecule has 0 fully saturated rings. The van der Waals surface area contributed by atoms with Gasteiger partial charge in [-0.2, -0.15) is 13.2 Å². The van der Waals surface area contributed by atoms with Gasteiger partial charge in [-0.3, -0.25) is 0 Å². The summed E-state index contributed by atoms with van der Waals surface area (Å²) in [5.41, 5.74) is 0.648. The Hall–Kier alpha value is -1.82. The number of hydrogen-bond donors (Lipinski definition) is 0. The lowest BCUT2D eigenvalue weighted by Crippen LogP contribution is -2.04. The second kappa shape index (κ2) is 6.76. The highest BCUT2D eigenvalue weighted by Crippen LogP contribution is 2.29. The van der Waals surface area contributed by atoms with E-state index >= 15 is 0 Å². The minimum atomic E-state index is -4.33. The SMILES string of the molecule is FC(F)(F)c1ccc(CO/N=[C]\c2cccc(Br)c2)cc1. The molecule has 0 N–H and O–H groups in total. The Bertz CT molecular complexity index is 624. The van der Waals surface area contributed by atoms with E-state index in [9.17, 15) is 13.2 Å². The maximum atomic E-state index is 12.4. The zero-order valence-corrected chi connectivity index (χ0v) is 12.3. The first-order valence-corrected chi connectivity index (χ1v) is 6.74. The maximum absolute atomic E-state index is 12.4. The summed E-state index contributed by atoms with van der Waals surface area (Å²) in [5, 5.41) is 3.66. The molecule has 0 aliphatic carbocycles. The van der Waals surface area contributed by atoms with Crippen LogP contribution in [0.15, 0.2) is 58.2 Å². The fraction of sp³-hybridized carbons (Fsp3) is 0.133. The van der Waals surface area contributed by atoms with Gasteiger partial charge in [0.15, 0.2) is 0 Å². The van der Waals surface area contributed by atoms with Gasteiger partial charge < -0.3 is 4.84 Å². The van der Waals surface area contributed by atoms with Crippen molar-refractivity contribution >= 4 is 22.1 Å². The highest BCUT2D eigenvalue weighted by molar-refractivity contribution is 9.10. The van der Waals surface area contributed by atoms with E-state index in [1.54, 1.807) is 6.07 Å². The summed E-state index contributed by atoms with van der Waals surface area (Å²) in [6, 6.07) is 12.1. The van der Waals surface area contributed by atoms with E-state index in [1.165, 1.54) is 12.1 Å². The smallest absolute Gasteiger partial charge is 0.390 e. The van der Waals surface area contributed by atoms with Crippen LogP contribution in [0.2, 0.25) is 0 Å². The van der Waals surface area contributed by atoms with Crippen LogP contribution in [0.4, 0.5) is 13.2 Å². The Morgan fingerprint density at radius 3 is 2.43 bits per heavy atom. The second-order valence-corrected chi connectivity index (χ2v) is 5.10. The molecule has 2 rings (SSSR count). The van der Waals surface area contributed by atoms with Gasteiger partial charge in [0, 0.05) is 10.0 Å². The topological polar surface area (TPSA) is 21.6 Å². The molecule has 0 atom stereocenters. The molecule has 2 aromatic carbocycles. The normalized spacial score (nSPS) is 11.8. The van der Waals surface area contributed by atoms with E-state index in [0.717, 1.165) is 22.2 Å². The van der Waals surface area contributed by atoms with Gasteiger partial charge in [0.05, 0.1) is 5.56 Å². The zero-order valence-electron chi connectivity index (χ0n) is 10.7. The van der Waals surface area contributed by atoms with Crippen molar-refractivity contribution < 1.29 is 18.0 Å². The van der Waals surface area contributed by atoms with Crippen LogP contribution < -0.4 is 0 Å². The average molecular weight is 357 g/mol. The minimum Gasteiger partial charge on any atom is -0.390 e. The van der Waals surface area contributed by atoms with Gasteiger partial charge in [-0.1, -0.05) is 45.4 Å². The largest absolute Gasteiger partial charge is 0.416 e. The molecule has 0 spiro atoms. The summed E-state index contributed by atoms with van der Waals surface area (Å²) in [5.74, 6) is 0. The maximum Gasteiger partial charge on any atom is 0.416 e. The molecule has 21 heavy (non-hydrogen) atoms. The van der Waals surface area contributed by atoms with E-state index in [2.05, 4.69) is 27.3 Å². The quantitative estimate of drug-likeness (QED) is 0.564. The lowest BCUT2D eigenvalue weighted by Gasteiger charge is -2.06. The fourth-order valence-electron chi connectivity index (χ4n) is 1.54. The standard InChI is InChI=1S/C15H10BrF3NO/c16-14-3-1-2-12(8-14)9-20-21-10-11-4-6-13(7-5-11)15(17,18)19/h1-8H,10H2. The van der Waals surface area contributed by atoms with Crippen molar-refractivity contribution in [2.24, 2.45) is 5.16 Å². The highest BCUT2D eigenvalue weighted by atomic mass is 79.9. The summed E-state index contributed by atoms with van der Waals surface area (Å²) < 4.78 is 38.0. The van der Waals surface area contributed by atoms with Gasteiger partial charge in [-0.15, -0.1) is 0 Å². The van der Waals surface area contributed by atoms with Crippen LogP contribution in [-0.2, 0) is 17.6 Å². The van der Waals surface area contributed by atoms with Gasteiger partial charge >= 0.3 is 6.18 Å². The van der Waals surface area contributed by atoms with Crippen LogP contribution >= 0.6 is 15.9 Å². The lowest BCUT2D eigenvalue weighted by molar-refractivity contribution is -0.137. The second-order valence-electron chi connectivity index (χ2n) is 4.18. The number of benzene rings is 2. The van der Waals surface area contributed by atoms with Crippen molar-refractivity contribution in [2.45, 2.75) is 12.8 Å². The van der Waals surface area contributed by atoms with Gasteiger partial charge in [0.2, 0.25) is 0 Å². The van der Waals surface area contributed by atoms with E-state index in [0.29, 0.717) is 5.56 Å². The molecule has 0 aromatic heterocycles. The van der Waals surface area contributed by atoms with Crippen molar-refractivity contribution in [1.29, 1.82) is 0 Å². The Balaban J connectivity index is 1.89. The first-order valence-electron chi connectivity index (χ1n) is 5.95. The predicted molar refractivity (Wildman–Crippen MR) is 76.9 cm³/mol. The number of nitrogens with zero attached hydrogens (tertiary/aromatic N) is 1. The van der Waals surface area contributed by atoms with E-state index < -0.39 is 11.7 Å². The van der Waals surface area contributed by atoms with Gasteiger partial charge in [0.1, 0.15) is 12.8 Å². The molecule has 6 heteroatoms. The van der Waals surface area contributed by atoms with Crippen molar-refractivity contribution in [3.8, 4) is 0 Å². The number of rotatable bonds is 4. The number of halogens is 4. The Labute approximate surface area is 128 Å². The first kappa shape index (κ1) is 15.6. The summed E-state index contributed by atoms with van der Waals surface area (Å²) in [6.45, 7) is 0.0825. The van der Waals surface area contributed by atoms with Crippen molar-refractivity contribution in [2.75, 3.05) is 0 Å². The molecule has 0 heterocycles. The molecule has 0 aliphatic heterocycles. The van der Waals surface area contributed by atoms with Crippen LogP contribution in [-0.4, -0.2) is 6.21 Å². The van der Waals surface area contributed by atoms with Crippen LogP contribution in [0.1, 0.15) is 16.7 Å². The summed E-state index contributed by atoms with van der Waals surface area (Å²) in [4.78, 5) is 5.01. The van der Waals surface area contributed by atoms with Crippen LogP contribution in [0, 0.1) is 0 Å². The third-order valence-electron chi connectivity index (χ3n) is 2.58. The molecule has 2 nitrogen and oxygen atoms in total. The molecule has 0 saturated heterocycles. The average Bonchev–Trinajstić information content (AvgIpc) is 2.43. The molecule has 0 saturated carbocycles. The fourth-order valence-corrected chi connectivity index (χ4v) is 1.94. The molecule has 2 aromatic rings. The molecular formula is C15H10BrF3NO. The molecule has 1 radical (unpaired) electrons. The predicted octanol–water partition coefficient (Wildman–Crippen LogP) is 4.90. The van der Waals surface area contributed by atoms with Crippen LogP contribution in [0.25, 0.3) is 0 Å². The molecular weight excluding hydrogens is 347 g/mol. The third kappa shape index (κ3) is 4.90. The Morgan fingerprint density at radius 1 is 1.10 bits per heavy atom. The monoisotopic (exact) mass is 356 g/mol. The lowest BCUT2D eigenvalue weighted by atomic mass is 10.1. The minimum absolute atomic E-state index is 0.0825. The van der Waals surface area contributed by atoms with Gasteiger partial charge in [0.25, 0.3) is 0 Å². The Kier molecular flexibility index (Phi) is 5.01. The molecule has 109 valence electrons. The number of alkyl halides is 3. The molecule has 0 unspecified atom stereocenters. The van der Waals surface area contributed by atoms with E-state index in [4.69, 9.17) is 4.84 Å². The van der Waals surface area contributed by atoms with Gasteiger partial charge in [-0.05, 0) is 29.8 Å². The van der Waals surface area contributed by atoms with Gasteiger partial charge in [-0.25, -0.2) is 0 Å². The summed E-state index contributed by atoms with van der Waals surface area (Å²) >= 11 is 3.32. The summed E-state index contributed by atoms with van der Waals surface area (Å²) in [7, 11) is 0. The van der Waals surface area contributed by atoms with Crippen molar-refractivity contribution in [3.63, 3.8) is 0 Å². The first-order chi connectivity index (χ1) is 9.95. The summed E-state index contributed by atoms with van der Waals surface area (Å²) in [6.07, 6.45) is -1.64. The third-order valence-corrected chi connectivity index (χ3v) is 3.07. The molecule has 0 amide bonds. The Morgan fingerprint density at radius 2 is 1.81 bits per heavy atom. The highest BCUT2D eigenvalue weighted by Gasteiger charge is 2.29. The van der Waals surface area contributed by atoms with Crippen LogP contribution in [0.3, 0.4) is 0 Å². The van der Waals surface area contributed by atoms with E-state index in [1.807, 2.05) is 18.2 Å². The number of hydrogen-bond acceptors (Lipinski definition) is 2.